The smallest absolute Gasteiger partial charge is 0.328 e. The Balaban J connectivity index is 1.74. The van der Waals surface area contributed by atoms with Crippen LogP contribution in [0.1, 0.15) is 62.0 Å². The summed E-state index contributed by atoms with van der Waals surface area (Å²) in [7, 11) is 0. The van der Waals surface area contributed by atoms with E-state index in [1.807, 2.05) is 43.3 Å². The second-order valence-corrected chi connectivity index (χ2v) is 10.4. The molecule has 0 aliphatic rings. The number of esters is 1. The van der Waals surface area contributed by atoms with Crippen LogP contribution in [0.25, 0.3) is 11.4 Å². The van der Waals surface area contributed by atoms with Gasteiger partial charge in [-0.05, 0) is 51.0 Å². The summed E-state index contributed by atoms with van der Waals surface area (Å²) >= 11 is 3.34. The third kappa shape index (κ3) is 7.72. The molecule has 7 heteroatoms. The molecule has 1 amide bonds. The van der Waals surface area contributed by atoms with Crippen LogP contribution in [-0.4, -0.2) is 34.5 Å². The molecule has 0 aliphatic carbocycles. The summed E-state index contributed by atoms with van der Waals surface area (Å²) in [6, 6.07) is 14.3. The van der Waals surface area contributed by atoms with Crippen LogP contribution in [0.5, 0.6) is 0 Å². The van der Waals surface area contributed by atoms with Crippen molar-refractivity contribution < 1.29 is 14.3 Å². The number of hydrogen-bond donors (Lipinski definition) is 1. The van der Waals surface area contributed by atoms with E-state index in [9.17, 15) is 9.59 Å². The van der Waals surface area contributed by atoms with E-state index in [2.05, 4.69) is 52.0 Å². The third-order valence-corrected chi connectivity index (χ3v) is 6.03. The van der Waals surface area contributed by atoms with Crippen LogP contribution in [0.4, 0.5) is 0 Å². The summed E-state index contributed by atoms with van der Waals surface area (Å²) in [6.45, 7) is 8.74. The minimum Gasteiger partial charge on any atom is -0.464 e. The van der Waals surface area contributed by atoms with Gasteiger partial charge in [0.25, 0.3) is 5.91 Å². The topological polar surface area (TPSA) is 81.2 Å². The summed E-state index contributed by atoms with van der Waals surface area (Å²) < 4.78 is 6.25. The maximum Gasteiger partial charge on any atom is 0.328 e. The summed E-state index contributed by atoms with van der Waals surface area (Å²) in [6.07, 6.45) is 5.41. The van der Waals surface area contributed by atoms with Gasteiger partial charge in [-0.3, -0.25) is 4.79 Å². The maximum absolute atomic E-state index is 13.0. The normalized spacial score (nSPS) is 12.1. The number of rotatable bonds is 9. The number of hydrogen-bond acceptors (Lipinski definition) is 5. The largest absolute Gasteiger partial charge is 0.464 e. The Bertz CT molecular complexity index is 1120. The number of aromatic nitrogens is 2. The Hall–Kier alpha value is -3.06. The first-order valence-electron chi connectivity index (χ1n) is 11.8. The summed E-state index contributed by atoms with van der Waals surface area (Å²) in [5.74, 6) is -0.122. The average Bonchev–Trinajstić information content (AvgIpc) is 2.84. The molecule has 184 valence electrons. The summed E-state index contributed by atoms with van der Waals surface area (Å²) in [5, 5.41) is 2.88. The molecule has 0 saturated carbocycles. The molecule has 35 heavy (non-hydrogen) atoms. The van der Waals surface area contributed by atoms with Crippen molar-refractivity contribution >= 4 is 27.8 Å². The van der Waals surface area contributed by atoms with Gasteiger partial charge in [-0.1, -0.05) is 70.5 Å². The number of nitrogens with zero attached hydrogens (tertiary/aromatic N) is 2. The molecular weight excluding hydrogens is 506 g/mol. The number of unbranched alkanes of at least 4 members (excludes halogenated alkanes) is 1. The predicted octanol–water partition coefficient (Wildman–Crippen LogP) is 5.89. The fourth-order valence-corrected chi connectivity index (χ4v) is 3.67. The molecule has 1 aromatic heterocycles. The maximum atomic E-state index is 13.0. The van der Waals surface area contributed by atoms with Gasteiger partial charge >= 0.3 is 5.97 Å². The van der Waals surface area contributed by atoms with Crippen LogP contribution in [0.2, 0.25) is 0 Å². The number of carbonyl (C=O) groups excluding carboxylic acids is 2. The van der Waals surface area contributed by atoms with Crippen molar-refractivity contribution in [2.24, 2.45) is 0 Å². The molecule has 3 aromatic rings. The van der Waals surface area contributed by atoms with E-state index in [0.717, 1.165) is 34.0 Å². The molecule has 1 atom stereocenters. The number of benzene rings is 2. The standard InChI is InChI=1S/C28H32BrN3O3/c1-5-6-15-35-27(34)24(32-26(33)21-11-13-22(14-12-21)28(2,3)4)16-19-7-9-20(10-8-19)25-30-17-23(29)18-31-25/h7-14,17-18,24H,5-6,15-16H2,1-4H3,(H,32,33). The molecule has 0 bridgehead atoms. The van der Waals surface area contributed by atoms with Crippen molar-refractivity contribution in [3.63, 3.8) is 0 Å². The van der Waals surface area contributed by atoms with Crippen molar-refractivity contribution in [2.45, 2.75) is 58.4 Å². The molecule has 2 aromatic carbocycles. The van der Waals surface area contributed by atoms with Crippen LogP contribution >= 0.6 is 15.9 Å². The second kappa shape index (κ2) is 12.1. The fourth-order valence-electron chi connectivity index (χ4n) is 3.46. The number of ether oxygens (including phenoxy) is 1. The van der Waals surface area contributed by atoms with Gasteiger partial charge in [-0.2, -0.15) is 0 Å². The van der Waals surface area contributed by atoms with Crippen molar-refractivity contribution in [1.29, 1.82) is 0 Å². The summed E-state index contributed by atoms with van der Waals surface area (Å²) in [5.41, 5.74) is 3.40. The SMILES string of the molecule is CCCCOC(=O)C(Cc1ccc(-c2ncc(Br)cn2)cc1)NC(=O)c1ccc(C(C)(C)C)cc1. The zero-order valence-electron chi connectivity index (χ0n) is 20.7. The third-order valence-electron chi connectivity index (χ3n) is 5.62. The molecule has 3 rings (SSSR count). The molecule has 0 aliphatic heterocycles. The second-order valence-electron chi connectivity index (χ2n) is 9.50. The highest BCUT2D eigenvalue weighted by atomic mass is 79.9. The number of carbonyl (C=O) groups is 2. The van der Waals surface area contributed by atoms with Gasteiger partial charge in [0.05, 0.1) is 11.1 Å². The van der Waals surface area contributed by atoms with Crippen molar-refractivity contribution in [3.8, 4) is 11.4 Å². The molecular formula is C28H32BrN3O3. The van der Waals surface area contributed by atoms with Crippen LogP contribution in [0.15, 0.2) is 65.4 Å². The Morgan fingerprint density at radius 3 is 2.20 bits per heavy atom. The molecule has 0 spiro atoms. The quantitative estimate of drug-likeness (QED) is 0.272. The first-order valence-corrected chi connectivity index (χ1v) is 12.6. The monoisotopic (exact) mass is 537 g/mol. The lowest BCUT2D eigenvalue weighted by Crippen LogP contribution is -2.43. The molecule has 6 nitrogen and oxygen atoms in total. The highest BCUT2D eigenvalue weighted by molar-refractivity contribution is 9.10. The predicted molar refractivity (Wildman–Crippen MR) is 141 cm³/mol. The highest BCUT2D eigenvalue weighted by Gasteiger charge is 2.24. The van der Waals surface area contributed by atoms with Gasteiger partial charge in [-0.15, -0.1) is 0 Å². The lowest BCUT2D eigenvalue weighted by molar-refractivity contribution is -0.146. The Labute approximate surface area is 215 Å². The van der Waals surface area contributed by atoms with E-state index in [1.165, 1.54) is 0 Å². The van der Waals surface area contributed by atoms with E-state index in [1.54, 1.807) is 24.5 Å². The minimum absolute atomic E-state index is 0.00588. The van der Waals surface area contributed by atoms with Crippen molar-refractivity contribution in [2.75, 3.05) is 6.61 Å². The lowest BCUT2D eigenvalue weighted by Gasteiger charge is -2.20. The van der Waals surface area contributed by atoms with Crippen molar-refractivity contribution in [1.82, 2.24) is 15.3 Å². The zero-order chi connectivity index (χ0) is 25.4. The van der Waals surface area contributed by atoms with Gasteiger partial charge in [0.2, 0.25) is 0 Å². The highest BCUT2D eigenvalue weighted by Crippen LogP contribution is 2.22. The van der Waals surface area contributed by atoms with E-state index >= 15 is 0 Å². The van der Waals surface area contributed by atoms with Gasteiger partial charge in [0.15, 0.2) is 5.82 Å². The van der Waals surface area contributed by atoms with Gasteiger partial charge < -0.3 is 10.1 Å². The Morgan fingerprint density at radius 2 is 1.63 bits per heavy atom. The van der Waals surface area contributed by atoms with Crippen LogP contribution < -0.4 is 5.32 Å². The van der Waals surface area contributed by atoms with E-state index < -0.39 is 12.0 Å². The van der Waals surface area contributed by atoms with E-state index in [4.69, 9.17) is 4.74 Å². The number of halogens is 1. The average molecular weight is 538 g/mol. The first-order chi connectivity index (χ1) is 16.7. The first kappa shape index (κ1) is 26.5. The van der Waals surface area contributed by atoms with E-state index in [-0.39, 0.29) is 11.3 Å². The van der Waals surface area contributed by atoms with Gasteiger partial charge in [0.1, 0.15) is 6.04 Å². The molecule has 1 unspecified atom stereocenters. The summed E-state index contributed by atoms with van der Waals surface area (Å²) in [4.78, 5) is 34.4. The molecule has 1 N–H and O–H groups in total. The Kier molecular flexibility index (Phi) is 9.15. The minimum atomic E-state index is -0.795. The van der Waals surface area contributed by atoms with Gasteiger partial charge in [-0.25, -0.2) is 14.8 Å². The number of nitrogens with one attached hydrogen (secondary N) is 1. The van der Waals surface area contributed by atoms with E-state index in [0.29, 0.717) is 24.4 Å². The number of amides is 1. The molecule has 0 fully saturated rings. The zero-order valence-corrected chi connectivity index (χ0v) is 22.3. The van der Waals surface area contributed by atoms with Crippen molar-refractivity contribution in [3.05, 3.63) is 82.1 Å². The van der Waals surface area contributed by atoms with Crippen LogP contribution in [0.3, 0.4) is 0 Å². The molecule has 1 heterocycles. The lowest BCUT2D eigenvalue weighted by atomic mass is 9.86. The van der Waals surface area contributed by atoms with Gasteiger partial charge in [0, 0.05) is 29.9 Å². The Morgan fingerprint density at radius 1 is 1.00 bits per heavy atom. The molecule has 0 radical (unpaired) electrons. The fraction of sp³-hybridized carbons (Fsp3) is 0.357. The molecule has 0 saturated heterocycles. The van der Waals surface area contributed by atoms with Crippen LogP contribution in [-0.2, 0) is 21.4 Å². The van der Waals surface area contributed by atoms with Crippen LogP contribution in [0, 0.1) is 0 Å².